The minimum Gasteiger partial charge on any atom is -0.256 e. The summed E-state index contributed by atoms with van der Waals surface area (Å²) in [5.74, 6) is 0. The number of aryl methyl sites for hydroxylation is 1. The van der Waals surface area contributed by atoms with Crippen molar-refractivity contribution in [3.63, 3.8) is 0 Å². The maximum atomic E-state index is 6.04. The van der Waals surface area contributed by atoms with Gasteiger partial charge in [0.05, 0.1) is 6.20 Å². The molecule has 1 heterocycles. The number of nitrogens with zero attached hydrogens (tertiary/aromatic N) is 2. The molecule has 0 amide bonds. The molecule has 0 fully saturated rings. The van der Waals surface area contributed by atoms with E-state index in [1.807, 2.05) is 37.4 Å². The van der Waals surface area contributed by atoms with E-state index in [1.54, 1.807) is 10.9 Å². The first-order valence-electron chi connectivity index (χ1n) is 4.02. The SMILES string of the molecule is Cn1ncc(-c2ccccc2)c1Cl. The van der Waals surface area contributed by atoms with E-state index in [0.29, 0.717) is 5.15 Å². The second kappa shape index (κ2) is 3.23. The molecule has 0 bridgehead atoms. The Morgan fingerprint density at radius 3 is 2.46 bits per heavy atom. The summed E-state index contributed by atoms with van der Waals surface area (Å²) in [4.78, 5) is 0. The van der Waals surface area contributed by atoms with Crippen LogP contribution in [-0.4, -0.2) is 9.78 Å². The fourth-order valence-electron chi connectivity index (χ4n) is 1.23. The molecule has 2 nitrogen and oxygen atoms in total. The summed E-state index contributed by atoms with van der Waals surface area (Å²) >= 11 is 6.04. The summed E-state index contributed by atoms with van der Waals surface area (Å²) in [5, 5.41) is 4.75. The van der Waals surface area contributed by atoms with Gasteiger partial charge in [0.2, 0.25) is 0 Å². The summed E-state index contributed by atoms with van der Waals surface area (Å²) in [5.41, 5.74) is 2.07. The molecule has 1 aromatic carbocycles. The lowest BCUT2D eigenvalue weighted by Gasteiger charge is -1.97. The first kappa shape index (κ1) is 8.32. The molecule has 0 unspecified atom stereocenters. The van der Waals surface area contributed by atoms with E-state index in [0.717, 1.165) is 11.1 Å². The van der Waals surface area contributed by atoms with E-state index in [-0.39, 0.29) is 0 Å². The number of hydrogen-bond acceptors (Lipinski definition) is 1. The lowest BCUT2D eigenvalue weighted by molar-refractivity contribution is 0.769. The third kappa shape index (κ3) is 1.45. The largest absolute Gasteiger partial charge is 0.256 e. The molecule has 0 saturated heterocycles. The van der Waals surface area contributed by atoms with Crippen LogP contribution >= 0.6 is 11.6 Å². The molecule has 66 valence electrons. The van der Waals surface area contributed by atoms with Crippen molar-refractivity contribution in [2.75, 3.05) is 0 Å². The van der Waals surface area contributed by atoms with E-state index >= 15 is 0 Å². The number of benzene rings is 1. The third-order valence-corrected chi connectivity index (χ3v) is 2.40. The standard InChI is InChI=1S/C10H9ClN2/c1-13-10(11)9(7-12-13)8-5-3-2-4-6-8/h2-7H,1H3. The molecule has 0 radical (unpaired) electrons. The summed E-state index contributed by atoms with van der Waals surface area (Å²) in [7, 11) is 1.83. The van der Waals surface area contributed by atoms with Gasteiger partial charge in [0.15, 0.2) is 0 Å². The summed E-state index contributed by atoms with van der Waals surface area (Å²) in [6, 6.07) is 9.98. The quantitative estimate of drug-likeness (QED) is 0.680. The number of aromatic nitrogens is 2. The third-order valence-electron chi connectivity index (χ3n) is 1.95. The van der Waals surface area contributed by atoms with E-state index in [2.05, 4.69) is 5.10 Å². The van der Waals surface area contributed by atoms with Gasteiger partial charge in [-0.25, -0.2) is 0 Å². The molecule has 0 spiro atoms. The van der Waals surface area contributed by atoms with Crippen LogP contribution in [0.4, 0.5) is 0 Å². The van der Waals surface area contributed by atoms with Gasteiger partial charge in [-0.1, -0.05) is 41.9 Å². The van der Waals surface area contributed by atoms with Gasteiger partial charge in [-0.15, -0.1) is 0 Å². The van der Waals surface area contributed by atoms with E-state index in [9.17, 15) is 0 Å². The highest BCUT2D eigenvalue weighted by Crippen LogP contribution is 2.26. The Kier molecular flexibility index (Phi) is 2.07. The lowest BCUT2D eigenvalue weighted by Crippen LogP contribution is -1.88. The van der Waals surface area contributed by atoms with Crippen molar-refractivity contribution in [1.29, 1.82) is 0 Å². The monoisotopic (exact) mass is 192 g/mol. The molecular weight excluding hydrogens is 184 g/mol. The fourth-order valence-corrected chi connectivity index (χ4v) is 1.44. The Labute approximate surface area is 81.8 Å². The van der Waals surface area contributed by atoms with Crippen LogP contribution in [0.3, 0.4) is 0 Å². The minimum absolute atomic E-state index is 0.672. The van der Waals surface area contributed by atoms with Crippen molar-refractivity contribution in [2.24, 2.45) is 7.05 Å². The van der Waals surface area contributed by atoms with Crippen LogP contribution in [-0.2, 0) is 7.05 Å². The lowest BCUT2D eigenvalue weighted by atomic mass is 10.1. The van der Waals surface area contributed by atoms with Crippen LogP contribution in [0.1, 0.15) is 0 Å². The van der Waals surface area contributed by atoms with Crippen molar-refractivity contribution in [3.8, 4) is 11.1 Å². The van der Waals surface area contributed by atoms with Gasteiger partial charge in [-0.05, 0) is 5.56 Å². The molecule has 0 aliphatic heterocycles. The zero-order chi connectivity index (χ0) is 9.26. The van der Waals surface area contributed by atoms with Gasteiger partial charge in [0, 0.05) is 12.6 Å². The Morgan fingerprint density at radius 2 is 1.92 bits per heavy atom. The van der Waals surface area contributed by atoms with Gasteiger partial charge in [0.25, 0.3) is 0 Å². The molecule has 0 N–H and O–H groups in total. The Bertz CT molecular complexity index is 406. The smallest absolute Gasteiger partial charge is 0.134 e. The zero-order valence-corrected chi connectivity index (χ0v) is 7.99. The second-order valence-electron chi connectivity index (χ2n) is 2.84. The first-order valence-corrected chi connectivity index (χ1v) is 4.40. The molecule has 3 heteroatoms. The average Bonchev–Trinajstić information content (AvgIpc) is 2.49. The highest BCUT2D eigenvalue weighted by molar-refractivity contribution is 6.32. The van der Waals surface area contributed by atoms with Gasteiger partial charge in [-0.3, -0.25) is 4.68 Å². The molecule has 1 aromatic heterocycles. The van der Waals surface area contributed by atoms with Crippen LogP contribution < -0.4 is 0 Å². The van der Waals surface area contributed by atoms with Crippen molar-refractivity contribution in [3.05, 3.63) is 41.7 Å². The zero-order valence-electron chi connectivity index (χ0n) is 7.24. The minimum atomic E-state index is 0.672. The average molecular weight is 193 g/mol. The van der Waals surface area contributed by atoms with Crippen LogP contribution in [0.5, 0.6) is 0 Å². The van der Waals surface area contributed by atoms with Crippen molar-refractivity contribution >= 4 is 11.6 Å². The van der Waals surface area contributed by atoms with E-state index in [1.165, 1.54) is 0 Å². The van der Waals surface area contributed by atoms with E-state index in [4.69, 9.17) is 11.6 Å². The molecule has 2 aromatic rings. The number of hydrogen-bond donors (Lipinski definition) is 0. The predicted octanol–water partition coefficient (Wildman–Crippen LogP) is 2.74. The number of rotatable bonds is 1. The van der Waals surface area contributed by atoms with Gasteiger partial charge >= 0.3 is 0 Å². The first-order chi connectivity index (χ1) is 6.29. The molecule has 13 heavy (non-hydrogen) atoms. The van der Waals surface area contributed by atoms with Crippen LogP contribution in [0.15, 0.2) is 36.5 Å². The highest BCUT2D eigenvalue weighted by Gasteiger charge is 2.06. The van der Waals surface area contributed by atoms with Crippen molar-refractivity contribution in [1.82, 2.24) is 9.78 Å². The fraction of sp³-hybridized carbons (Fsp3) is 0.100. The summed E-state index contributed by atoms with van der Waals surface area (Å²) < 4.78 is 1.66. The van der Waals surface area contributed by atoms with Crippen LogP contribution in [0.2, 0.25) is 5.15 Å². The van der Waals surface area contributed by atoms with Crippen LogP contribution in [0.25, 0.3) is 11.1 Å². The Hall–Kier alpha value is -1.28. The Balaban J connectivity index is 2.53. The summed E-state index contributed by atoms with van der Waals surface area (Å²) in [6.45, 7) is 0. The normalized spacial score (nSPS) is 10.3. The molecule has 0 atom stereocenters. The number of halogens is 1. The van der Waals surface area contributed by atoms with E-state index < -0.39 is 0 Å². The van der Waals surface area contributed by atoms with Gasteiger partial charge in [0.1, 0.15) is 5.15 Å². The predicted molar refractivity (Wildman–Crippen MR) is 53.7 cm³/mol. The molecule has 0 saturated carbocycles. The van der Waals surface area contributed by atoms with Crippen molar-refractivity contribution in [2.45, 2.75) is 0 Å². The maximum Gasteiger partial charge on any atom is 0.134 e. The maximum absolute atomic E-state index is 6.04. The molecule has 0 aliphatic rings. The summed E-state index contributed by atoms with van der Waals surface area (Å²) in [6.07, 6.45) is 1.78. The molecule has 0 aliphatic carbocycles. The topological polar surface area (TPSA) is 17.8 Å². The van der Waals surface area contributed by atoms with Crippen LogP contribution in [0, 0.1) is 0 Å². The Morgan fingerprint density at radius 1 is 1.23 bits per heavy atom. The highest BCUT2D eigenvalue weighted by atomic mass is 35.5. The molecule has 2 rings (SSSR count). The van der Waals surface area contributed by atoms with Gasteiger partial charge in [-0.2, -0.15) is 5.10 Å². The van der Waals surface area contributed by atoms with Gasteiger partial charge < -0.3 is 0 Å². The second-order valence-corrected chi connectivity index (χ2v) is 3.20. The molecular formula is C10H9ClN2. The van der Waals surface area contributed by atoms with Crippen molar-refractivity contribution < 1.29 is 0 Å².